The maximum atomic E-state index is 14.0. The van der Waals surface area contributed by atoms with Gasteiger partial charge in [0.25, 0.3) is 0 Å². The number of hydrogen-bond acceptors (Lipinski definition) is 5. The summed E-state index contributed by atoms with van der Waals surface area (Å²) in [6, 6.07) is 13.1. The SMILES string of the molecule is O=Cc1cccc(C(O)C(O)CCNC(=O)OCc2ccccc2)c1F. The highest BCUT2D eigenvalue weighted by Crippen LogP contribution is 2.23. The second kappa shape index (κ2) is 9.65. The van der Waals surface area contributed by atoms with Crippen LogP contribution in [0.5, 0.6) is 0 Å². The fraction of sp³-hybridized carbons (Fsp3) is 0.263. The molecule has 0 heterocycles. The van der Waals surface area contributed by atoms with Gasteiger partial charge < -0.3 is 20.3 Å². The Labute approximate surface area is 150 Å². The van der Waals surface area contributed by atoms with E-state index in [9.17, 15) is 24.2 Å². The number of alkyl carbamates (subject to hydrolysis) is 1. The molecule has 2 atom stereocenters. The van der Waals surface area contributed by atoms with Gasteiger partial charge in [0, 0.05) is 12.1 Å². The van der Waals surface area contributed by atoms with E-state index < -0.39 is 24.1 Å². The van der Waals surface area contributed by atoms with E-state index in [0.717, 1.165) is 5.56 Å². The van der Waals surface area contributed by atoms with Crippen molar-refractivity contribution in [3.63, 3.8) is 0 Å². The van der Waals surface area contributed by atoms with Crippen LogP contribution in [0, 0.1) is 5.82 Å². The summed E-state index contributed by atoms with van der Waals surface area (Å²) in [5, 5.41) is 22.5. The fourth-order valence-electron chi connectivity index (χ4n) is 2.35. The molecular formula is C19H20FNO5. The lowest BCUT2D eigenvalue weighted by atomic mass is 9.99. The summed E-state index contributed by atoms with van der Waals surface area (Å²) in [4.78, 5) is 22.3. The lowest BCUT2D eigenvalue weighted by Crippen LogP contribution is -2.30. The first-order chi connectivity index (χ1) is 12.5. The van der Waals surface area contributed by atoms with Crippen molar-refractivity contribution in [2.45, 2.75) is 25.2 Å². The van der Waals surface area contributed by atoms with Crippen LogP contribution in [0.25, 0.3) is 0 Å². The summed E-state index contributed by atoms with van der Waals surface area (Å²) >= 11 is 0. The molecule has 3 N–H and O–H groups in total. The molecule has 0 spiro atoms. The van der Waals surface area contributed by atoms with Gasteiger partial charge in [-0.05, 0) is 18.1 Å². The van der Waals surface area contributed by atoms with Crippen molar-refractivity contribution in [1.29, 1.82) is 0 Å². The van der Waals surface area contributed by atoms with Crippen molar-refractivity contribution in [1.82, 2.24) is 5.32 Å². The van der Waals surface area contributed by atoms with Crippen molar-refractivity contribution < 1.29 is 28.9 Å². The average molecular weight is 361 g/mol. The van der Waals surface area contributed by atoms with Crippen molar-refractivity contribution in [2.24, 2.45) is 0 Å². The number of halogens is 1. The maximum Gasteiger partial charge on any atom is 0.407 e. The lowest BCUT2D eigenvalue weighted by Gasteiger charge is -2.19. The summed E-state index contributed by atoms with van der Waals surface area (Å²) < 4.78 is 19.0. The van der Waals surface area contributed by atoms with Gasteiger partial charge in [-0.1, -0.05) is 42.5 Å². The number of hydrogen-bond donors (Lipinski definition) is 3. The Balaban J connectivity index is 1.78. The molecule has 0 aromatic heterocycles. The molecule has 2 aromatic rings. The molecule has 0 fully saturated rings. The predicted molar refractivity (Wildman–Crippen MR) is 92.0 cm³/mol. The van der Waals surface area contributed by atoms with E-state index >= 15 is 0 Å². The highest BCUT2D eigenvalue weighted by atomic mass is 19.1. The summed E-state index contributed by atoms with van der Waals surface area (Å²) in [6.45, 7) is 0.141. The Morgan fingerprint density at radius 2 is 1.88 bits per heavy atom. The zero-order valence-electron chi connectivity index (χ0n) is 14.0. The molecule has 0 radical (unpaired) electrons. The van der Waals surface area contributed by atoms with Crippen LogP contribution in [-0.4, -0.2) is 35.2 Å². The van der Waals surface area contributed by atoms with E-state index in [1.54, 1.807) is 0 Å². The molecule has 1 amide bonds. The zero-order valence-corrected chi connectivity index (χ0v) is 14.0. The minimum Gasteiger partial charge on any atom is -0.445 e. The number of ether oxygens (including phenoxy) is 1. The lowest BCUT2D eigenvalue weighted by molar-refractivity contribution is 0.0115. The molecule has 0 saturated heterocycles. The smallest absolute Gasteiger partial charge is 0.407 e. The molecule has 26 heavy (non-hydrogen) atoms. The van der Waals surface area contributed by atoms with Crippen molar-refractivity contribution in [3.8, 4) is 0 Å². The highest BCUT2D eigenvalue weighted by Gasteiger charge is 2.22. The predicted octanol–water partition coefficient (Wildman–Crippen LogP) is 2.35. The standard InChI is InChI=1S/C19H20FNO5/c20-17-14(11-22)7-4-8-15(17)18(24)16(23)9-10-21-19(25)26-12-13-5-2-1-3-6-13/h1-8,11,16,18,23-24H,9-10,12H2,(H,21,25). The topological polar surface area (TPSA) is 95.9 Å². The minimum absolute atomic E-state index is 0.0215. The Morgan fingerprint density at radius 3 is 2.58 bits per heavy atom. The van der Waals surface area contributed by atoms with Gasteiger partial charge >= 0.3 is 6.09 Å². The first kappa shape index (κ1) is 19.6. The van der Waals surface area contributed by atoms with Gasteiger partial charge in [0.05, 0.1) is 11.7 Å². The third kappa shape index (κ3) is 5.37. The molecule has 6 nitrogen and oxygen atoms in total. The summed E-state index contributed by atoms with van der Waals surface area (Å²) in [5.41, 5.74) is 0.466. The van der Waals surface area contributed by atoms with Crippen LogP contribution in [0.4, 0.5) is 9.18 Å². The quantitative estimate of drug-likeness (QED) is 0.627. The van der Waals surface area contributed by atoms with Crippen molar-refractivity contribution >= 4 is 12.4 Å². The van der Waals surface area contributed by atoms with Crippen LogP contribution >= 0.6 is 0 Å². The highest BCUT2D eigenvalue weighted by molar-refractivity contribution is 5.75. The molecule has 7 heteroatoms. The number of aliphatic hydroxyl groups excluding tert-OH is 2. The third-order valence-electron chi connectivity index (χ3n) is 3.79. The van der Waals surface area contributed by atoms with Gasteiger partial charge in [-0.15, -0.1) is 0 Å². The van der Waals surface area contributed by atoms with Crippen LogP contribution < -0.4 is 5.32 Å². The zero-order chi connectivity index (χ0) is 18.9. The Kier molecular flexibility index (Phi) is 7.25. The van der Waals surface area contributed by atoms with Crippen molar-refractivity contribution in [3.05, 3.63) is 71.0 Å². The van der Waals surface area contributed by atoms with E-state index in [-0.39, 0.29) is 30.7 Å². The number of rotatable bonds is 8. The number of aliphatic hydroxyl groups is 2. The molecule has 138 valence electrons. The molecule has 0 aliphatic carbocycles. The van der Waals surface area contributed by atoms with Gasteiger partial charge in [0.1, 0.15) is 18.5 Å². The number of aldehydes is 1. The van der Waals surface area contributed by atoms with Gasteiger partial charge in [-0.2, -0.15) is 0 Å². The van der Waals surface area contributed by atoms with E-state index in [1.807, 2.05) is 30.3 Å². The molecule has 2 unspecified atom stereocenters. The van der Waals surface area contributed by atoms with Gasteiger partial charge in [-0.25, -0.2) is 9.18 Å². The van der Waals surface area contributed by atoms with E-state index in [2.05, 4.69) is 5.32 Å². The van der Waals surface area contributed by atoms with Gasteiger partial charge in [0.15, 0.2) is 6.29 Å². The Hall–Kier alpha value is -2.77. The summed E-state index contributed by atoms with van der Waals surface area (Å²) in [7, 11) is 0. The molecule has 0 aliphatic rings. The van der Waals surface area contributed by atoms with E-state index in [0.29, 0.717) is 6.29 Å². The molecule has 2 rings (SSSR count). The second-order valence-corrected chi connectivity index (χ2v) is 5.66. The van der Waals surface area contributed by atoms with Crippen LogP contribution in [0.2, 0.25) is 0 Å². The Morgan fingerprint density at radius 1 is 1.15 bits per heavy atom. The molecule has 0 saturated carbocycles. The van der Waals surface area contributed by atoms with Crippen LogP contribution in [-0.2, 0) is 11.3 Å². The number of amides is 1. The van der Waals surface area contributed by atoms with Crippen LogP contribution in [0.15, 0.2) is 48.5 Å². The molecule has 0 bridgehead atoms. The van der Waals surface area contributed by atoms with Gasteiger partial charge in [-0.3, -0.25) is 4.79 Å². The monoisotopic (exact) mass is 361 g/mol. The van der Waals surface area contributed by atoms with E-state index in [1.165, 1.54) is 18.2 Å². The summed E-state index contributed by atoms with van der Waals surface area (Å²) in [5.74, 6) is -0.871. The fourth-order valence-corrected chi connectivity index (χ4v) is 2.35. The van der Waals surface area contributed by atoms with Crippen LogP contribution in [0.3, 0.4) is 0 Å². The first-order valence-corrected chi connectivity index (χ1v) is 8.07. The Bertz CT molecular complexity index is 738. The number of carbonyl (C=O) groups excluding carboxylic acids is 2. The average Bonchev–Trinajstić information content (AvgIpc) is 2.66. The number of benzene rings is 2. The van der Waals surface area contributed by atoms with Crippen LogP contribution in [0.1, 0.15) is 34.0 Å². The first-order valence-electron chi connectivity index (χ1n) is 8.07. The van der Waals surface area contributed by atoms with E-state index in [4.69, 9.17) is 4.74 Å². The largest absolute Gasteiger partial charge is 0.445 e. The molecule has 0 aliphatic heterocycles. The number of nitrogens with one attached hydrogen (secondary N) is 1. The summed E-state index contributed by atoms with van der Waals surface area (Å²) in [6.07, 6.45) is -3.18. The van der Waals surface area contributed by atoms with Crippen molar-refractivity contribution in [2.75, 3.05) is 6.54 Å². The minimum atomic E-state index is -1.52. The number of carbonyl (C=O) groups is 2. The second-order valence-electron chi connectivity index (χ2n) is 5.66. The van der Waals surface area contributed by atoms with Gasteiger partial charge in [0.2, 0.25) is 0 Å². The third-order valence-corrected chi connectivity index (χ3v) is 3.79. The normalized spacial score (nSPS) is 12.9. The molecular weight excluding hydrogens is 341 g/mol. The molecule has 2 aromatic carbocycles. The maximum absolute atomic E-state index is 14.0.